The molecule has 3 rings (SSSR count). The predicted octanol–water partition coefficient (Wildman–Crippen LogP) is 3.44. The molecule has 2 N–H and O–H groups in total. The number of hydrogen-bond donors (Lipinski definition) is 2. The molecule has 0 bridgehead atoms. The smallest absolute Gasteiger partial charge is 0.262 e. The molecule has 0 fully saturated rings. The van der Waals surface area contributed by atoms with E-state index < -0.39 is 25.9 Å². The molecule has 0 saturated carbocycles. The van der Waals surface area contributed by atoms with Crippen LogP contribution in [0.4, 0.5) is 15.8 Å². The Morgan fingerprint density at radius 3 is 1.97 bits per heavy atom. The lowest BCUT2D eigenvalue weighted by Crippen LogP contribution is -2.15. The highest BCUT2D eigenvalue weighted by Gasteiger charge is 2.19. The van der Waals surface area contributed by atoms with Gasteiger partial charge in [0.1, 0.15) is 11.6 Å². The molecule has 0 heterocycles. The fourth-order valence-corrected chi connectivity index (χ4v) is 4.61. The highest BCUT2D eigenvalue weighted by molar-refractivity contribution is 7.93. The summed E-state index contributed by atoms with van der Waals surface area (Å²) in [5, 5.41) is 0. The summed E-state index contributed by atoms with van der Waals surface area (Å²) in [7, 11) is -6.56. The molecule has 0 amide bonds. The van der Waals surface area contributed by atoms with Crippen LogP contribution in [0.15, 0.2) is 82.6 Å². The van der Waals surface area contributed by atoms with Crippen LogP contribution in [-0.4, -0.2) is 23.9 Å². The van der Waals surface area contributed by atoms with Gasteiger partial charge < -0.3 is 4.74 Å². The first-order valence-corrected chi connectivity index (χ1v) is 11.2. The molecule has 0 radical (unpaired) electrons. The summed E-state index contributed by atoms with van der Waals surface area (Å²) in [5.41, 5.74) is 0.150. The van der Waals surface area contributed by atoms with Gasteiger partial charge in [0.05, 0.1) is 28.3 Å². The Bertz CT molecular complexity index is 1210. The maximum absolute atomic E-state index is 13.1. The van der Waals surface area contributed by atoms with Crippen molar-refractivity contribution in [3.63, 3.8) is 0 Å². The SMILES string of the molecule is COc1ccc(NS(=O)(=O)c2ccccc2)cc1NS(=O)(=O)c1ccc(F)cc1. The van der Waals surface area contributed by atoms with Crippen molar-refractivity contribution < 1.29 is 26.0 Å². The Morgan fingerprint density at radius 2 is 1.34 bits per heavy atom. The quantitative estimate of drug-likeness (QED) is 0.591. The predicted molar refractivity (Wildman–Crippen MR) is 107 cm³/mol. The minimum Gasteiger partial charge on any atom is -0.495 e. The molecule has 0 spiro atoms. The molecule has 3 aromatic rings. The van der Waals surface area contributed by atoms with Crippen molar-refractivity contribution in [2.45, 2.75) is 9.79 Å². The van der Waals surface area contributed by atoms with Crippen LogP contribution in [-0.2, 0) is 20.0 Å². The molecule has 29 heavy (non-hydrogen) atoms. The van der Waals surface area contributed by atoms with Gasteiger partial charge in [0, 0.05) is 0 Å². The Morgan fingerprint density at radius 1 is 0.759 bits per heavy atom. The molecule has 152 valence electrons. The molecule has 0 atom stereocenters. The lowest BCUT2D eigenvalue weighted by atomic mass is 10.2. The minimum absolute atomic E-state index is 0.0186. The van der Waals surface area contributed by atoms with Gasteiger partial charge in [-0.15, -0.1) is 0 Å². The lowest BCUT2D eigenvalue weighted by Gasteiger charge is -2.14. The van der Waals surface area contributed by atoms with Gasteiger partial charge in [0.25, 0.3) is 20.0 Å². The maximum Gasteiger partial charge on any atom is 0.262 e. The van der Waals surface area contributed by atoms with Gasteiger partial charge in [-0.2, -0.15) is 0 Å². The zero-order valence-electron chi connectivity index (χ0n) is 15.2. The minimum atomic E-state index is -4.05. The van der Waals surface area contributed by atoms with Crippen LogP contribution in [0.2, 0.25) is 0 Å². The number of sulfonamides is 2. The molecule has 0 aliphatic rings. The molecule has 3 aromatic carbocycles. The highest BCUT2D eigenvalue weighted by atomic mass is 32.2. The molecule has 0 aliphatic heterocycles. The first-order chi connectivity index (χ1) is 13.7. The maximum atomic E-state index is 13.1. The summed E-state index contributed by atoms with van der Waals surface area (Å²) in [4.78, 5) is -0.0968. The summed E-state index contributed by atoms with van der Waals surface area (Å²) in [5.74, 6) is -0.391. The zero-order valence-corrected chi connectivity index (χ0v) is 16.8. The van der Waals surface area contributed by atoms with E-state index in [1.165, 1.54) is 37.4 Å². The van der Waals surface area contributed by atoms with Gasteiger partial charge in [-0.1, -0.05) is 18.2 Å². The largest absolute Gasteiger partial charge is 0.495 e. The Balaban J connectivity index is 1.92. The monoisotopic (exact) mass is 436 g/mol. The van der Waals surface area contributed by atoms with E-state index in [9.17, 15) is 21.2 Å². The summed E-state index contributed by atoms with van der Waals surface area (Å²) in [6, 6.07) is 16.2. The van der Waals surface area contributed by atoms with E-state index in [4.69, 9.17) is 4.74 Å². The van der Waals surface area contributed by atoms with Crippen LogP contribution >= 0.6 is 0 Å². The topological polar surface area (TPSA) is 102 Å². The molecule has 0 unspecified atom stereocenters. The van der Waals surface area contributed by atoms with Crippen LogP contribution in [0.3, 0.4) is 0 Å². The van der Waals surface area contributed by atoms with Crippen LogP contribution in [0.1, 0.15) is 0 Å². The number of ether oxygens (including phenoxy) is 1. The molecule has 0 aromatic heterocycles. The molecule has 0 saturated heterocycles. The standard InChI is InChI=1S/C19H17FN2O5S2/c1-27-19-12-9-15(21-28(23,24)16-5-3-2-4-6-16)13-18(19)22-29(25,26)17-10-7-14(20)8-11-17/h2-13,21-22H,1H3. The highest BCUT2D eigenvalue weighted by Crippen LogP contribution is 2.31. The van der Waals surface area contributed by atoms with Crippen LogP contribution < -0.4 is 14.2 Å². The van der Waals surface area contributed by atoms with E-state index >= 15 is 0 Å². The average molecular weight is 436 g/mol. The molecular formula is C19H17FN2O5S2. The van der Waals surface area contributed by atoms with Crippen LogP contribution in [0, 0.1) is 5.82 Å². The van der Waals surface area contributed by atoms with Crippen molar-refractivity contribution in [2.24, 2.45) is 0 Å². The normalized spacial score (nSPS) is 11.7. The molecular weight excluding hydrogens is 419 g/mol. The van der Waals surface area contributed by atoms with Crippen molar-refractivity contribution in [2.75, 3.05) is 16.6 Å². The van der Waals surface area contributed by atoms with Gasteiger partial charge >= 0.3 is 0 Å². The Kier molecular flexibility index (Phi) is 5.76. The zero-order chi connectivity index (χ0) is 21.1. The number of halogens is 1. The number of anilines is 2. The van der Waals surface area contributed by atoms with Gasteiger partial charge in [0.2, 0.25) is 0 Å². The van der Waals surface area contributed by atoms with E-state index in [1.807, 2.05) is 0 Å². The molecule has 10 heteroatoms. The Hall–Kier alpha value is -3.11. The van der Waals surface area contributed by atoms with Crippen molar-refractivity contribution in [3.8, 4) is 5.75 Å². The number of rotatable bonds is 7. The third kappa shape index (κ3) is 4.84. The summed E-state index contributed by atoms with van der Waals surface area (Å²) < 4.78 is 73.1. The van der Waals surface area contributed by atoms with Crippen LogP contribution in [0.25, 0.3) is 0 Å². The van der Waals surface area contributed by atoms with Gasteiger partial charge in [-0.3, -0.25) is 9.44 Å². The third-order valence-corrected chi connectivity index (χ3v) is 6.65. The van der Waals surface area contributed by atoms with Crippen molar-refractivity contribution in [1.82, 2.24) is 0 Å². The first kappa shape index (κ1) is 20.6. The van der Waals surface area contributed by atoms with E-state index in [1.54, 1.807) is 18.2 Å². The second kappa shape index (κ2) is 8.10. The van der Waals surface area contributed by atoms with Gasteiger partial charge in [0.15, 0.2) is 0 Å². The summed E-state index contributed by atoms with van der Waals surface area (Å²) in [6.45, 7) is 0. The number of hydrogen-bond acceptors (Lipinski definition) is 5. The second-order valence-electron chi connectivity index (χ2n) is 5.89. The first-order valence-electron chi connectivity index (χ1n) is 8.25. The number of methoxy groups -OCH3 is 1. The average Bonchev–Trinajstić information content (AvgIpc) is 2.69. The molecule has 7 nitrogen and oxygen atoms in total. The fraction of sp³-hybridized carbons (Fsp3) is 0.0526. The van der Waals surface area contributed by atoms with E-state index in [0.717, 1.165) is 24.3 Å². The van der Waals surface area contributed by atoms with Gasteiger partial charge in [-0.05, 0) is 54.6 Å². The van der Waals surface area contributed by atoms with Gasteiger partial charge in [-0.25, -0.2) is 21.2 Å². The van der Waals surface area contributed by atoms with Crippen LogP contribution in [0.5, 0.6) is 5.75 Å². The van der Waals surface area contributed by atoms with Crippen molar-refractivity contribution in [3.05, 3.63) is 78.6 Å². The fourth-order valence-electron chi connectivity index (χ4n) is 2.48. The van der Waals surface area contributed by atoms with Crippen molar-refractivity contribution >= 4 is 31.4 Å². The van der Waals surface area contributed by atoms with Crippen molar-refractivity contribution in [1.29, 1.82) is 0 Å². The number of benzene rings is 3. The summed E-state index contributed by atoms with van der Waals surface area (Å²) >= 11 is 0. The summed E-state index contributed by atoms with van der Waals surface area (Å²) in [6.07, 6.45) is 0. The molecule has 0 aliphatic carbocycles. The second-order valence-corrected chi connectivity index (χ2v) is 9.26. The Labute approximate surface area is 168 Å². The third-order valence-electron chi connectivity index (χ3n) is 3.87. The van der Waals surface area contributed by atoms with E-state index in [2.05, 4.69) is 9.44 Å². The number of nitrogens with one attached hydrogen (secondary N) is 2. The van der Waals surface area contributed by atoms with E-state index in [-0.39, 0.29) is 26.9 Å². The lowest BCUT2D eigenvalue weighted by molar-refractivity contribution is 0.417. The van der Waals surface area contributed by atoms with E-state index in [0.29, 0.717) is 0 Å².